The van der Waals surface area contributed by atoms with Crippen LogP contribution in [0.25, 0.3) is 6.08 Å². The maximum atomic E-state index is 11.7. The first-order valence-electron chi connectivity index (χ1n) is 6.02. The molecule has 7 nitrogen and oxygen atoms in total. The molecule has 0 unspecified atom stereocenters. The van der Waals surface area contributed by atoms with Crippen molar-refractivity contribution in [3.05, 3.63) is 63.0 Å². The number of benzene rings is 1. The Hall–Kier alpha value is -3.00. The molecule has 0 atom stereocenters. The third kappa shape index (κ3) is 4.00. The molecule has 1 aromatic carbocycles. The van der Waals surface area contributed by atoms with Gasteiger partial charge in [0, 0.05) is 22.7 Å². The molecule has 1 aromatic heterocycles. The van der Waals surface area contributed by atoms with Gasteiger partial charge in [0.2, 0.25) is 5.91 Å². The molecule has 0 aliphatic carbocycles. The number of carbonyl (C=O) groups excluding carboxylic acids is 1. The van der Waals surface area contributed by atoms with Gasteiger partial charge in [0.25, 0.3) is 0 Å². The van der Waals surface area contributed by atoms with Crippen LogP contribution in [0.2, 0.25) is 0 Å². The molecule has 1 amide bonds. The van der Waals surface area contributed by atoms with E-state index in [2.05, 4.69) is 5.32 Å². The standard InChI is InChI=1S/C14H10N2O5S/c17-12(6-4-11-5-7-13(22-11)16(20)21)15-10-3-1-2-9(8-10)14(18)19/h1-8H,(H,15,17)(H,18,19)/b6-4+. The number of hydrogen-bond acceptors (Lipinski definition) is 5. The minimum absolute atomic E-state index is 0.00535. The summed E-state index contributed by atoms with van der Waals surface area (Å²) in [7, 11) is 0. The Balaban J connectivity index is 2.03. The monoisotopic (exact) mass is 318 g/mol. The largest absolute Gasteiger partial charge is 0.478 e. The van der Waals surface area contributed by atoms with Gasteiger partial charge in [-0.05, 0) is 30.3 Å². The zero-order chi connectivity index (χ0) is 16.1. The van der Waals surface area contributed by atoms with Gasteiger partial charge in [-0.1, -0.05) is 17.4 Å². The van der Waals surface area contributed by atoms with Crippen molar-refractivity contribution in [1.29, 1.82) is 0 Å². The number of nitrogens with one attached hydrogen (secondary N) is 1. The predicted octanol–water partition coefficient (Wildman–Crippen LogP) is 3.01. The molecular formula is C14H10N2O5S. The van der Waals surface area contributed by atoms with Crippen LogP contribution in [0.3, 0.4) is 0 Å². The number of aromatic carboxylic acids is 1. The molecule has 0 radical (unpaired) electrons. The molecule has 0 fully saturated rings. The summed E-state index contributed by atoms with van der Waals surface area (Å²) >= 11 is 0.952. The summed E-state index contributed by atoms with van der Waals surface area (Å²) in [6.45, 7) is 0. The van der Waals surface area contributed by atoms with E-state index in [-0.39, 0.29) is 10.6 Å². The average molecular weight is 318 g/mol. The van der Waals surface area contributed by atoms with E-state index in [1.54, 1.807) is 6.07 Å². The minimum Gasteiger partial charge on any atom is -0.478 e. The first-order chi connectivity index (χ1) is 10.5. The molecule has 2 rings (SSSR count). The molecular weight excluding hydrogens is 308 g/mol. The quantitative estimate of drug-likeness (QED) is 0.500. The highest BCUT2D eigenvalue weighted by atomic mass is 32.1. The van der Waals surface area contributed by atoms with E-state index in [1.807, 2.05) is 0 Å². The molecule has 8 heteroatoms. The minimum atomic E-state index is -1.09. The van der Waals surface area contributed by atoms with Crippen LogP contribution in [-0.4, -0.2) is 21.9 Å². The van der Waals surface area contributed by atoms with Crippen molar-refractivity contribution in [1.82, 2.24) is 0 Å². The Labute approximate surface area is 128 Å². The van der Waals surface area contributed by atoms with Crippen molar-refractivity contribution in [3.8, 4) is 0 Å². The number of hydrogen-bond donors (Lipinski definition) is 2. The fraction of sp³-hybridized carbons (Fsp3) is 0. The molecule has 2 aromatic rings. The molecule has 0 aliphatic rings. The summed E-state index contributed by atoms with van der Waals surface area (Å²) in [5.74, 6) is -1.55. The van der Waals surface area contributed by atoms with Crippen LogP contribution in [0.4, 0.5) is 10.7 Å². The average Bonchev–Trinajstić information content (AvgIpc) is 2.94. The zero-order valence-corrected chi connectivity index (χ0v) is 11.9. The smallest absolute Gasteiger partial charge is 0.335 e. The second kappa shape index (κ2) is 6.64. The third-order valence-electron chi connectivity index (χ3n) is 2.57. The van der Waals surface area contributed by atoms with Gasteiger partial charge in [0.1, 0.15) is 0 Å². The highest BCUT2D eigenvalue weighted by molar-refractivity contribution is 7.16. The normalized spacial score (nSPS) is 10.5. The third-order valence-corrected chi connectivity index (χ3v) is 3.57. The van der Waals surface area contributed by atoms with Gasteiger partial charge in [-0.3, -0.25) is 14.9 Å². The van der Waals surface area contributed by atoms with E-state index in [0.717, 1.165) is 11.3 Å². The predicted molar refractivity (Wildman–Crippen MR) is 82.0 cm³/mol. The Morgan fingerprint density at radius 2 is 2.05 bits per heavy atom. The van der Waals surface area contributed by atoms with E-state index in [1.165, 1.54) is 42.5 Å². The maximum absolute atomic E-state index is 11.7. The van der Waals surface area contributed by atoms with Gasteiger partial charge in [-0.2, -0.15) is 0 Å². The van der Waals surface area contributed by atoms with Gasteiger partial charge in [0.15, 0.2) is 0 Å². The summed E-state index contributed by atoms with van der Waals surface area (Å²) in [4.78, 5) is 33.2. The number of carbonyl (C=O) groups is 2. The van der Waals surface area contributed by atoms with Crippen molar-refractivity contribution < 1.29 is 19.6 Å². The topological polar surface area (TPSA) is 110 Å². The number of anilines is 1. The first-order valence-corrected chi connectivity index (χ1v) is 6.84. The van der Waals surface area contributed by atoms with Crippen molar-refractivity contribution in [2.24, 2.45) is 0 Å². The van der Waals surface area contributed by atoms with Crippen LogP contribution in [0, 0.1) is 10.1 Å². The van der Waals surface area contributed by atoms with Crippen LogP contribution in [-0.2, 0) is 4.79 Å². The second-order valence-electron chi connectivity index (χ2n) is 4.14. The van der Waals surface area contributed by atoms with Crippen LogP contribution >= 0.6 is 11.3 Å². The molecule has 112 valence electrons. The highest BCUT2D eigenvalue weighted by Crippen LogP contribution is 2.24. The molecule has 0 saturated carbocycles. The number of rotatable bonds is 5. The van der Waals surface area contributed by atoms with E-state index in [4.69, 9.17) is 5.11 Å². The number of carboxylic acid groups (broad SMARTS) is 1. The van der Waals surface area contributed by atoms with Crippen LogP contribution in [0.15, 0.2) is 42.5 Å². The van der Waals surface area contributed by atoms with Crippen LogP contribution in [0.1, 0.15) is 15.2 Å². The summed E-state index contributed by atoms with van der Waals surface area (Å²) in [5, 5.41) is 21.9. The molecule has 0 spiro atoms. The Morgan fingerprint density at radius 1 is 1.27 bits per heavy atom. The summed E-state index contributed by atoms with van der Waals surface area (Å²) in [6, 6.07) is 8.73. The lowest BCUT2D eigenvalue weighted by molar-refractivity contribution is -0.380. The lowest BCUT2D eigenvalue weighted by Gasteiger charge is -2.02. The molecule has 0 aliphatic heterocycles. The number of nitro groups is 1. The number of amides is 1. The number of thiophene rings is 1. The summed E-state index contributed by atoms with van der Waals surface area (Å²) in [5.41, 5.74) is 0.419. The Kier molecular flexibility index (Phi) is 4.64. The fourth-order valence-electron chi connectivity index (χ4n) is 1.60. The lowest BCUT2D eigenvalue weighted by atomic mass is 10.2. The van der Waals surface area contributed by atoms with E-state index in [0.29, 0.717) is 10.6 Å². The van der Waals surface area contributed by atoms with Crippen LogP contribution < -0.4 is 5.32 Å². The molecule has 0 saturated heterocycles. The first kappa shape index (κ1) is 15.4. The summed E-state index contributed by atoms with van der Waals surface area (Å²) < 4.78 is 0. The highest BCUT2D eigenvalue weighted by Gasteiger charge is 2.08. The van der Waals surface area contributed by atoms with E-state index < -0.39 is 16.8 Å². The summed E-state index contributed by atoms with van der Waals surface area (Å²) in [6.07, 6.45) is 2.68. The van der Waals surface area contributed by atoms with E-state index >= 15 is 0 Å². The second-order valence-corrected chi connectivity index (χ2v) is 5.24. The lowest BCUT2D eigenvalue weighted by Crippen LogP contribution is -2.08. The number of nitrogens with zero attached hydrogens (tertiary/aromatic N) is 1. The van der Waals surface area contributed by atoms with Crippen molar-refractivity contribution >= 4 is 40.0 Å². The molecule has 0 bridgehead atoms. The van der Waals surface area contributed by atoms with Gasteiger partial charge < -0.3 is 10.4 Å². The van der Waals surface area contributed by atoms with Gasteiger partial charge in [-0.25, -0.2) is 4.79 Å². The maximum Gasteiger partial charge on any atom is 0.335 e. The van der Waals surface area contributed by atoms with Gasteiger partial charge in [0.05, 0.1) is 10.5 Å². The molecule has 2 N–H and O–H groups in total. The van der Waals surface area contributed by atoms with Gasteiger partial charge >= 0.3 is 11.0 Å². The fourth-order valence-corrected chi connectivity index (χ4v) is 2.33. The Bertz CT molecular complexity index is 766. The van der Waals surface area contributed by atoms with Crippen molar-refractivity contribution in [2.75, 3.05) is 5.32 Å². The number of carboxylic acids is 1. The molecule has 1 heterocycles. The van der Waals surface area contributed by atoms with Gasteiger partial charge in [-0.15, -0.1) is 0 Å². The molecule has 22 heavy (non-hydrogen) atoms. The SMILES string of the molecule is O=C(/C=C/c1ccc([N+](=O)[O-])s1)Nc1cccc(C(=O)O)c1. The van der Waals surface area contributed by atoms with Crippen LogP contribution in [0.5, 0.6) is 0 Å². The van der Waals surface area contributed by atoms with Crippen molar-refractivity contribution in [2.45, 2.75) is 0 Å². The van der Waals surface area contributed by atoms with E-state index in [9.17, 15) is 19.7 Å². The van der Waals surface area contributed by atoms with Crippen molar-refractivity contribution in [3.63, 3.8) is 0 Å². The Morgan fingerprint density at radius 3 is 2.68 bits per heavy atom. The zero-order valence-electron chi connectivity index (χ0n) is 11.1.